The normalized spacial score (nSPS) is 13.9. The molecule has 2 N–H and O–H groups in total. The maximum atomic E-state index is 13.0. The number of hydroxylamine groups is 1. The SMILES string of the molecule is O=C(NO)n1c(/C=C/c2ccccc2)nc2sc3c(c2c1=O)CCCC3. The van der Waals surface area contributed by atoms with Crippen LogP contribution in [-0.4, -0.2) is 20.8 Å². The van der Waals surface area contributed by atoms with Crippen LogP contribution in [0.2, 0.25) is 0 Å². The summed E-state index contributed by atoms with van der Waals surface area (Å²) in [5.41, 5.74) is 3.04. The number of aromatic nitrogens is 2. The third-order valence-electron chi connectivity index (χ3n) is 4.54. The molecule has 26 heavy (non-hydrogen) atoms. The molecule has 0 bridgehead atoms. The van der Waals surface area contributed by atoms with Gasteiger partial charge in [0.2, 0.25) is 0 Å². The van der Waals surface area contributed by atoms with Crippen LogP contribution in [0.25, 0.3) is 22.4 Å². The fourth-order valence-corrected chi connectivity index (χ4v) is 4.57. The van der Waals surface area contributed by atoms with Gasteiger partial charge in [0.15, 0.2) is 0 Å². The topological polar surface area (TPSA) is 84.2 Å². The van der Waals surface area contributed by atoms with Gasteiger partial charge in [0.1, 0.15) is 10.7 Å². The number of thiophene rings is 1. The highest BCUT2D eigenvalue weighted by Crippen LogP contribution is 2.33. The summed E-state index contributed by atoms with van der Waals surface area (Å²) in [5, 5.41) is 9.58. The van der Waals surface area contributed by atoms with Gasteiger partial charge in [-0.1, -0.05) is 36.4 Å². The van der Waals surface area contributed by atoms with Crippen LogP contribution in [0.15, 0.2) is 35.1 Å². The van der Waals surface area contributed by atoms with Crippen molar-refractivity contribution >= 4 is 39.7 Å². The Hall–Kier alpha value is -2.77. The second-order valence-electron chi connectivity index (χ2n) is 6.16. The Morgan fingerprint density at radius 2 is 1.96 bits per heavy atom. The van der Waals surface area contributed by atoms with Crippen molar-refractivity contribution in [2.24, 2.45) is 0 Å². The molecule has 0 atom stereocenters. The molecule has 0 spiro atoms. The van der Waals surface area contributed by atoms with Gasteiger partial charge < -0.3 is 0 Å². The molecule has 0 radical (unpaired) electrons. The molecular formula is C19H17N3O3S. The molecule has 132 valence electrons. The summed E-state index contributed by atoms with van der Waals surface area (Å²) in [5.74, 6) is 0.191. The van der Waals surface area contributed by atoms with E-state index >= 15 is 0 Å². The zero-order chi connectivity index (χ0) is 18.1. The summed E-state index contributed by atoms with van der Waals surface area (Å²) in [6, 6.07) is 8.62. The quantitative estimate of drug-likeness (QED) is 0.537. The number of fused-ring (bicyclic) bond motifs is 3. The molecule has 1 aliphatic rings. The van der Waals surface area contributed by atoms with Crippen molar-refractivity contribution in [3.05, 3.63) is 62.5 Å². The van der Waals surface area contributed by atoms with Gasteiger partial charge in [-0.25, -0.2) is 19.8 Å². The predicted octanol–water partition coefficient (Wildman–Crippen LogP) is 3.45. The Morgan fingerprint density at radius 1 is 1.19 bits per heavy atom. The summed E-state index contributed by atoms with van der Waals surface area (Å²) in [6.45, 7) is 0. The van der Waals surface area contributed by atoms with Crippen LogP contribution in [0.4, 0.5) is 4.79 Å². The van der Waals surface area contributed by atoms with E-state index in [0.29, 0.717) is 10.2 Å². The number of rotatable bonds is 2. The third kappa shape index (κ3) is 2.85. The molecule has 1 amide bonds. The Bertz CT molecular complexity index is 1070. The summed E-state index contributed by atoms with van der Waals surface area (Å²) in [6.07, 6.45) is 7.29. The van der Waals surface area contributed by atoms with Gasteiger partial charge in [0.25, 0.3) is 5.56 Å². The highest BCUT2D eigenvalue weighted by molar-refractivity contribution is 7.18. The lowest BCUT2D eigenvalue weighted by molar-refractivity contribution is 0.162. The minimum atomic E-state index is -0.909. The summed E-state index contributed by atoms with van der Waals surface area (Å²) in [7, 11) is 0. The van der Waals surface area contributed by atoms with E-state index in [1.165, 1.54) is 16.2 Å². The number of hydrogen-bond acceptors (Lipinski definition) is 5. The van der Waals surface area contributed by atoms with E-state index in [-0.39, 0.29) is 5.82 Å². The number of hydrogen-bond donors (Lipinski definition) is 2. The number of aryl methyl sites for hydroxylation is 2. The Morgan fingerprint density at radius 3 is 2.73 bits per heavy atom. The van der Waals surface area contributed by atoms with Crippen LogP contribution in [0, 0.1) is 0 Å². The summed E-state index contributed by atoms with van der Waals surface area (Å²) >= 11 is 1.53. The lowest BCUT2D eigenvalue weighted by Crippen LogP contribution is -2.36. The van der Waals surface area contributed by atoms with Crippen molar-refractivity contribution in [3.63, 3.8) is 0 Å². The smallest absolute Gasteiger partial charge is 0.287 e. The first-order valence-corrected chi connectivity index (χ1v) is 9.25. The van der Waals surface area contributed by atoms with Crippen molar-refractivity contribution < 1.29 is 10.0 Å². The zero-order valence-electron chi connectivity index (χ0n) is 13.9. The van der Waals surface area contributed by atoms with Gasteiger partial charge in [-0.05, 0) is 42.9 Å². The van der Waals surface area contributed by atoms with Gasteiger partial charge in [0.05, 0.1) is 5.39 Å². The molecule has 2 aromatic heterocycles. The summed E-state index contributed by atoms with van der Waals surface area (Å²) < 4.78 is 0.892. The monoisotopic (exact) mass is 367 g/mol. The minimum Gasteiger partial charge on any atom is -0.287 e. The standard InChI is InChI=1S/C19H17N3O3S/c23-18-16-13-8-4-5-9-14(13)26-17(16)20-15(22(18)19(24)21-25)11-10-12-6-2-1-3-7-12/h1-3,6-7,10-11,25H,4-5,8-9H2,(H,21,24)/b11-10+. The number of carbonyl (C=O) groups excluding carboxylic acids is 1. The molecule has 6 nitrogen and oxygen atoms in total. The van der Waals surface area contributed by atoms with Crippen molar-refractivity contribution in [2.75, 3.05) is 0 Å². The average Bonchev–Trinajstić information content (AvgIpc) is 3.05. The first kappa shape index (κ1) is 16.7. The average molecular weight is 367 g/mol. The summed E-state index contributed by atoms with van der Waals surface area (Å²) in [4.78, 5) is 31.5. The van der Waals surface area contributed by atoms with Crippen molar-refractivity contribution in [1.82, 2.24) is 15.0 Å². The van der Waals surface area contributed by atoms with Gasteiger partial charge in [-0.2, -0.15) is 0 Å². The van der Waals surface area contributed by atoms with Crippen molar-refractivity contribution in [2.45, 2.75) is 25.7 Å². The van der Waals surface area contributed by atoms with Crippen molar-refractivity contribution in [3.8, 4) is 0 Å². The Balaban J connectivity index is 1.92. The first-order valence-electron chi connectivity index (χ1n) is 8.44. The second kappa shape index (κ2) is 6.86. The van der Waals surface area contributed by atoms with E-state index in [4.69, 9.17) is 5.21 Å². The van der Waals surface area contributed by atoms with Crippen LogP contribution in [0.5, 0.6) is 0 Å². The van der Waals surface area contributed by atoms with Gasteiger partial charge in [-0.3, -0.25) is 10.0 Å². The molecule has 2 heterocycles. The molecule has 0 aliphatic heterocycles. The van der Waals surface area contributed by atoms with E-state index < -0.39 is 11.6 Å². The van der Waals surface area contributed by atoms with E-state index in [0.717, 1.165) is 41.4 Å². The zero-order valence-corrected chi connectivity index (χ0v) is 14.8. The number of carbonyl (C=O) groups is 1. The van der Waals surface area contributed by atoms with E-state index in [9.17, 15) is 9.59 Å². The Kier molecular flexibility index (Phi) is 4.40. The predicted molar refractivity (Wildman–Crippen MR) is 102 cm³/mol. The molecule has 0 unspecified atom stereocenters. The van der Waals surface area contributed by atoms with Gasteiger partial charge >= 0.3 is 6.03 Å². The van der Waals surface area contributed by atoms with E-state index in [1.807, 2.05) is 30.3 Å². The largest absolute Gasteiger partial charge is 0.353 e. The molecule has 7 heteroatoms. The molecular weight excluding hydrogens is 350 g/mol. The van der Waals surface area contributed by atoms with Gasteiger partial charge in [0, 0.05) is 4.88 Å². The fraction of sp³-hybridized carbons (Fsp3) is 0.211. The van der Waals surface area contributed by atoms with E-state index in [2.05, 4.69) is 4.98 Å². The van der Waals surface area contributed by atoms with Crippen molar-refractivity contribution in [1.29, 1.82) is 0 Å². The van der Waals surface area contributed by atoms with Gasteiger partial charge in [-0.15, -0.1) is 11.3 Å². The Labute approximate surface area is 153 Å². The number of benzene rings is 1. The maximum absolute atomic E-state index is 13.0. The molecule has 0 saturated heterocycles. The third-order valence-corrected chi connectivity index (χ3v) is 5.72. The maximum Gasteiger partial charge on any atom is 0.353 e. The first-order chi connectivity index (χ1) is 12.7. The number of nitrogens with zero attached hydrogens (tertiary/aromatic N) is 2. The molecule has 0 fully saturated rings. The van der Waals surface area contributed by atoms with Crippen LogP contribution in [0.1, 0.15) is 34.7 Å². The van der Waals surface area contributed by atoms with E-state index in [1.54, 1.807) is 17.6 Å². The lowest BCUT2D eigenvalue weighted by atomic mass is 9.97. The van der Waals surface area contributed by atoms with Crippen LogP contribution < -0.4 is 11.0 Å². The van der Waals surface area contributed by atoms with Crippen LogP contribution in [0.3, 0.4) is 0 Å². The lowest BCUT2D eigenvalue weighted by Gasteiger charge is -2.11. The molecule has 1 aromatic carbocycles. The highest BCUT2D eigenvalue weighted by Gasteiger charge is 2.23. The van der Waals surface area contributed by atoms with Crippen LogP contribution >= 0.6 is 11.3 Å². The molecule has 0 saturated carbocycles. The molecule has 3 aromatic rings. The fourth-order valence-electron chi connectivity index (χ4n) is 3.31. The second-order valence-corrected chi connectivity index (χ2v) is 7.25. The number of amides is 1. The molecule has 1 aliphatic carbocycles. The highest BCUT2D eigenvalue weighted by atomic mass is 32.1. The minimum absolute atomic E-state index is 0.191. The van der Waals surface area contributed by atoms with Crippen LogP contribution in [-0.2, 0) is 12.8 Å². The molecule has 4 rings (SSSR count). The number of nitrogens with one attached hydrogen (secondary N) is 1.